The third-order valence-electron chi connectivity index (χ3n) is 2.77. The topological polar surface area (TPSA) is 46.6 Å². The van der Waals surface area contributed by atoms with Gasteiger partial charge < -0.3 is 9.64 Å². The molecular weight excluding hydrogens is 262 g/mol. The molecule has 1 unspecified atom stereocenters. The van der Waals surface area contributed by atoms with Gasteiger partial charge in [0.2, 0.25) is 0 Å². The Morgan fingerprint density at radius 3 is 2.88 bits per heavy atom. The van der Waals surface area contributed by atoms with Crippen molar-refractivity contribution >= 4 is 34.8 Å². The van der Waals surface area contributed by atoms with E-state index >= 15 is 0 Å². The lowest BCUT2D eigenvalue weighted by molar-refractivity contribution is -0.145. The lowest BCUT2D eigenvalue weighted by atomic mass is 10.2. The van der Waals surface area contributed by atoms with E-state index in [0.717, 1.165) is 6.42 Å². The molecule has 1 aromatic heterocycles. The van der Waals surface area contributed by atoms with Crippen LogP contribution in [0.1, 0.15) is 22.5 Å². The van der Waals surface area contributed by atoms with E-state index < -0.39 is 6.04 Å². The Bertz CT molecular complexity index is 446. The molecule has 0 aliphatic carbocycles. The van der Waals surface area contributed by atoms with Crippen LogP contribution < -0.4 is 0 Å². The standard InChI is InChI=1S/C11H12ClNO3S/c1-16-11(15)7-3-2-6-13(7)10(14)8-4-5-9(12)17-8/h4-5,7H,2-3,6H2,1H3. The number of carbonyl (C=O) groups is 2. The molecule has 1 aliphatic heterocycles. The maximum absolute atomic E-state index is 12.2. The summed E-state index contributed by atoms with van der Waals surface area (Å²) in [5, 5.41) is 0. The molecular formula is C11H12ClNO3S. The molecule has 4 nitrogen and oxygen atoms in total. The van der Waals surface area contributed by atoms with Gasteiger partial charge in [-0.1, -0.05) is 11.6 Å². The Kier molecular flexibility index (Phi) is 3.69. The van der Waals surface area contributed by atoms with Crippen molar-refractivity contribution in [2.75, 3.05) is 13.7 Å². The van der Waals surface area contributed by atoms with Gasteiger partial charge in [-0.3, -0.25) is 4.79 Å². The molecule has 2 rings (SSSR count). The lowest BCUT2D eigenvalue weighted by Crippen LogP contribution is -2.40. The Morgan fingerprint density at radius 1 is 1.53 bits per heavy atom. The number of nitrogens with zero attached hydrogens (tertiary/aromatic N) is 1. The Balaban J connectivity index is 2.16. The number of amides is 1. The number of carbonyl (C=O) groups excluding carboxylic acids is 2. The summed E-state index contributed by atoms with van der Waals surface area (Å²) < 4.78 is 5.27. The molecule has 1 aliphatic rings. The third kappa shape index (κ3) is 2.45. The van der Waals surface area contributed by atoms with Crippen LogP contribution in [0.2, 0.25) is 4.34 Å². The van der Waals surface area contributed by atoms with E-state index in [9.17, 15) is 9.59 Å². The van der Waals surface area contributed by atoms with E-state index in [2.05, 4.69) is 0 Å². The van der Waals surface area contributed by atoms with Gasteiger partial charge in [0, 0.05) is 6.54 Å². The fourth-order valence-electron chi connectivity index (χ4n) is 1.96. The van der Waals surface area contributed by atoms with Crippen molar-refractivity contribution in [1.29, 1.82) is 0 Å². The number of hydrogen-bond acceptors (Lipinski definition) is 4. The van der Waals surface area contributed by atoms with Crippen LogP contribution in [0.15, 0.2) is 12.1 Å². The second-order valence-corrected chi connectivity index (χ2v) is 5.50. The molecule has 6 heteroatoms. The number of likely N-dealkylation sites (tertiary alicyclic amines) is 1. The summed E-state index contributed by atoms with van der Waals surface area (Å²) >= 11 is 7.02. The zero-order valence-corrected chi connectivity index (χ0v) is 10.9. The molecule has 0 bridgehead atoms. The monoisotopic (exact) mass is 273 g/mol. The summed E-state index contributed by atoms with van der Waals surface area (Å²) in [6.07, 6.45) is 1.49. The van der Waals surface area contributed by atoms with Gasteiger partial charge in [0.05, 0.1) is 16.3 Å². The number of halogens is 1. The van der Waals surface area contributed by atoms with Gasteiger partial charge in [-0.25, -0.2) is 4.79 Å². The summed E-state index contributed by atoms with van der Waals surface area (Å²) in [6, 6.07) is 2.92. The van der Waals surface area contributed by atoms with Crippen molar-refractivity contribution in [1.82, 2.24) is 4.90 Å². The first-order valence-electron chi connectivity index (χ1n) is 5.27. The highest BCUT2D eigenvalue weighted by Crippen LogP contribution is 2.26. The number of methoxy groups -OCH3 is 1. The van der Waals surface area contributed by atoms with Crippen LogP contribution in [0, 0.1) is 0 Å². The van der Waals surface area contributed by atoms with E-state index in [0.29, 0.717) is 22.2 Å². The van der Waals surface area contributed by atoms with Crippen LogP contribution in [0.3, 0.4) is 0 Å². The highest BCUT2D eigenvalue weighted by molar-refractivity contribution is 7.17. The second-order valence-electron chi connectivity index (χ2n) is 3.78. The fourth-order valence-corrected chi connectivity index (χ4v) is 2.96. The molecule has 0 aromatic carbocycles. The molecule has 92 valence electrons. The Labute approximate surface area is 108 Å². The molecule has 2 heterocycles. The van der Waals surface area contributed by atoms with Crippen molar-refractivity contribution in [2.45, 2.75) is 18.9 Å². The van der Waals surface area contributed by atoms with Crippen molar-refractivity contribution in [3.05, 3.63) is 21.3 Å². The lowest BCUT2D eigenvalue weighted by Gasteiger charge is -2.21. The van der Waals surface area contributed by atoms with Gasteiger partial charge in [0.1, 0.15) is 6.04 Å². The van der Waals surface area contributed by atoms with E-state index in [-0.39, 0.29) is 11.9 Å². The van der Waals surface area contributed by atoms with Crippen LogP contribution in [0.4, 0.5) is 0 Å². The van der Waals surface area contributed by atoms with Crippen molar-refractivity contribution in [3.63, 3.8) is 0 Å². The molecule has 1 atom stereocenters. The molecule has 0 N–H and O–H groups in total. The molecule has 0 radical (unpaired) electrons. The van der Waals surface area contributed by atoms with Gasteiger partial charge in [0.15, 0.2) is 0 Å². The fraction of sp³-hybridized carbons (Fsp3) is 0.455. The predicted molar refractivity (Wildman–Crippen MR) is 65.4 cm³/mol. The van der Waals surface area contributed by atoms with Crippen molar-refractivity contribution in [3.8, 4) is 0 Å². The van der Waals surface area contributed by atoms with Gasteiger partial charge in [0.25, 0.3) is 5.91 Å². The summed E-state index contributed by atoms with van der Waals surface area (Å²) in [5.74, 6) is -0.492. The number of thiophene rings is 1. The minimum atomic E-state index is -0.451. The minimum Gasteiger partial charge on any atom is -0.467 e. The smallest absolute Gasteiger partial charge is 0.328 e. The zero-order chi connectivity index (χ0) is 12.4. The van der Waals surface area contributed by atoms with Crippen molar-refractivity contribution in [2.24, 2.45) is 0 Å². The molecule has 1 fully saturated rings. The third-order valence-corrected chi connectivity index (χ3v) is 3.99. The molecule has 0 spiro atoms. The molecule has 0 saturated carbocycles. The summed E-state index contributed by atoms with van der Waals surface area (Å²) in [7, 11) is 1.34. The van der Waals surface area contributed by atoms with E-state index in [1.807, 2.05) is 0 Å². The normalized spacial score (nSPS) is 19.4. The van der Waals surface area contributed by atoms with Crippen LogP contribution in [-0.2, 0) is 9.53 Å². The first-order chi connectivity index (χ1) is 8.13. The van der Waals surface area contributed by atoms with E-state index in [1.165, 1.54) is 18.4 Å². The van der Waals surface area contributed by atoms with Crippen LogP contribution in [-0.4, -0.2) is 36.5 Å². The van der Waals surface area contributed by atoms with Gasteiger partial charge in [-0.2, -0.15) is 0 Å². The summed E-state index contributed by atoms with van der Waals surface area (Å²) in [6.45, 7) is 0.591. The van der Waals surface area contributed by atoms with Crippen LogP contribution >= 0.6 is 22.9 Å². The largest absolute Gasteiger partial charge is 0.467 e. The summed E-state index contributed by atoms with van der Waals surface area (Å²) in [4.78, 5) is 25.8. The van der Waals surface area contributed by atoms with Crippen molar-refractivity contribution < 1.29 is 14.3 Å². The van der Waals surface area contributed by atoms with E-state index in [1.54, 1.807) is 17.0 Å². The average Bonchev–Trinajstić information content (AvgIpc) is 2.95. The van der Waals surface area contributed by atoms with Gasteiger partial charge in [-0.05, 0) is 25.0 Å². The molecule has 17 heavy (non-hydrogen) atoms. The highest BCUT2D eigenvalue weighted by atomic mass is 35.5. The second kappa shape index (κ2) is 5.06. The number of rotatable bonds is 2. The molecule has 1 saturated heterocycles. The minimum absolute atomic E-state index is 0.144. The SMILES string of the molecule is COC(=O)C1CCCN1C(=O)c1ccc(Cl)s1. The Morgan fingerprint density at radius 2 is 2.29 bits per heavy atom. The maximum Gasteiger partial charge on any atom is 0.328 e. The first kappa shape index (κ1) is 12.4. The highest BCUT2D eigenvalue weighted by Gasteiger charge is 2.35. The van der Waals surface area contributed by atoms with Gasteiger partial charge >= 0.3 is 5.97 Å². The maximum atomic E-state index is 12.2. The summed E-state index contributed by atoms with van der Waals surface area (Å²) in [5.41, 5.74) is 0. The zero-order valence-electron chi connectivity index (χ0n) is 9.31. The molecule has 1 aromatic rings. The first-order valence-corrected chi connectivity index (χ1v) is 6.47. The number of hydrogen-bond donors (Lipinski definition) is 0. The number of esters is 1. The average molecular weight is 274 g/mol. The quantitative estimate of drug-likeness (QED) is 0.776. The number of ether oxygens (including phenoxy) is 1. The van der Waals surface area contributed by atoms with Crippen LogP contribution in [0.5, 0.6) is 0 Å². The van der Waals surface area contributed by atoms with Gasteiger partial charge in [-0.15, -0.1) is 11.3 Å². The molecule has 1 amide bonds. The van der Waals surface area contributed by atoms with E-state index in [4.69, 9.17) is 16.3 Å². The Hall–Kier alpha value is -1.07. The predicted octanol–water partition coefficient (Wildman–Crippen LogP) is 2.18. The van der Waals surface area contributed by atoms with Crippen LogP contribution in [0.25, 0.3) is 0 Å².